The number of nitrogens with zero attached hydrogens (tertiary/aromatic N) is 2. The Balaban J connectivity index is 0.000000179. The van der Waals surface area contributed by atoms with Gasteiger partial charge in [-0.3, -0.25) is 28.8 Å². The zero-order valence-electron chi connectivity index (χ0n) is 28.5. The minimum absolute atomic E-state index is 0.175. The molecule has 3 aliphatic heterocycles. The standard InChI is InChI=1S/C19H21N3O4.C18H19N3O5/c1-11-14(10-17(23)26-11)21-18(24)16-7-4-8-22(16)19(25)15-9-12-5-2-3-6-13(12)20-15;22-10-12(9-16(23)24)19-17(25)15-6-3-7-21(15)18(26)14-8-11-4-1-2-5-13(11)20-14/h2-3,5-6,9,11,14,16,20H,4,7-8,10H2,1H3,(H,21,24);1-2,4-5,8,10,12,15,20H,3,6-7,9H2,(H,19,25)(H,23,24)/t11?,14-,16-;12-,15-/m00/s1. The largest absolute Gasteiger partial charge is 0.481 e. The van der Waals surface area contributed by atoms with Crippen LogP contribution in [-0.2, 0) is 28.7 Å². The number of hydrogen-bond donors (Lipinski definition) is 5. The molecule has 0 bridgehead atoms. The smallest absolute Gasteiger partial charge is 0.308 e. The highest BCUT2D eigenvalue weighted by Crippen LogP contribution is 2.25. The Hall–Kier alpha value is -5.99. The number of carbonyl (C=O) groups excluding carboxylic acids is 6. The fourth-order valence-corrected chi connectivity index (χ4v) is 6.98. The summed E-state index contributed by atoms with van der Waals surface area (Å²) in [5.41, 5.74) is 2.60. The number of amides is 4. The number of H-pyrrole nitrogens is 2. The van der Waals surface area contributed by atoms with Gasteiger partial charge in [0, 0.05) is 34.9 Å². The first-order valence-corrected chi connectivity index (χ1v) is 17.3. The maximum Gasteiger partial charge on any atom is 0.308 e. The van der Waals surface area contributed by atoms with Crippen LogP contribution in [0.1, 0.15) is 66.4 Å². The van der Waals surface area contributed by atoms with E-state index in [0.29, 0.717) is 50.0 Å². The fraction of sp³-hybridized carbons (Fsp3) is 0.378. The summed E-state index contributed by atoms with van der Waals surface area (Å²) in [6.45, 7) is 2.73. The average Bonchev–Trinajstić information content (AvgIpc) is 3.97. The van der Waals surface area contributed by atoms with Gasteiger partial charge in [-0.05, 0) is 56.9 Å². The molecule has 1 unspecified atom stereocenters. The van der Waals surface area contributed by atoms with Crippen LogP contribution in [0.5, 0.6) is 0 Å². The van der Waals surface area contributed by atoms with Gasteiger partial charge in [-0.15, -0.1) is 0 Å². The van der Waals surface area contributed by atoms with E-state index in [4.69, 9.17) is 9.84 Å². The molecular formula is C37H40N6O9. The molecule has 15 nitrogen and oxygen atoms in total. The number of hydrogen-bond acceptors (Lipinski definition) is 8. The van der Waals surface area contributed by atoms with Gasteiger partial charge in [-0.25, -0.2) is 0 Å². The number of carbonyl (C=O) groups is 7. The number of carboxylic acid groups (broad SMARTS) is 1. The molecule has 0 aliphatic carbocycles. The third-order valence-electron chi connectivity index (χ3n) is 9.64. The Morgan fingerprint density at radius 1 is 0.865 bits per heavy atom. The Kier molecular flexibility index (Phi) is 10.7. The highest BCUT2D eigenvalue weighted by atomic mass is 16.6. The first-order chi connectivity index (χ1) is 25.0. The number of carboxylic acids is 1. The van der Waals surface area contributed by atoms with Gasteiger partial charge in [0.25, 0.3) is 11.8 Å². The summed E-state index contributed by atoms with van der Waals surface area (Å²) < 4.78 is 5.08. The normalized spacial score (nSPS) is 21.7. The topological polar surface area (TPSA) is 211 Å². The molecule has 52 heavy (non-hydrogen) atoms. The summed E-state index contributed by atoms with van der Waals surface area (Å²) in [6, 6.07) is 16.0. The van der Waals surface area contributed by atoms with E-state index in [2.05, 4.69) is 20.6 Å². The van der Waals surface area contributed by atoms with Crippen LogP contribution in [0, 0.1) is 0 Å². The number of fused-ring (bicyclic) bond motifs is 2. The summed E-state index contributed by atoms with van der Waals surface area (Å²) in [4.78, 5) is 93.2. The third kappa shape index (κ3) is 7.82. The minimum Gasteiger partial charge on any atom is -0.481 e. The Morgan fingerprint density at radius 3 is 1.85 bits per heavy atom. The number of cyclic esters (lactones) is 1. The first-order valence-electron chi connectivity index (χ1n) is 17.3. The number of aromatic nitrogens is 2. The number of likely N-dealkylation sites (tertiary alicyclic amines) is 2. The van der Waals surface area contributed by atoms with Gasteiger partial charge in [0.1, 0.15) is 35.9 Å². The molecule has 15 heteroatoms. The molecule has 4 amide bonds. The van der Waals surface area contributed by atoms with E-state index in [1.54, 1.807) is 17.9 Å². The molecular weight excluding hydrogens is 672 g/mol. The van der Waals surface area contributed by atoms with Crippen LogP contribution in [0.25, 0.3) is 21.8 Å². The van der Waals surface area contributed by atoms with Crippen LogP contribution in [0.3, 0.4) is 0 Å². The van der Waals surface area contributed by atoms with E-state index < -0.39 is 36.4 Å². The van der Waals surface area contributed by atoms with E-state index >= 15 is 0 Å². The van der Waals surface area contributed by atoms with Crippen molar-refractivity contribution in [3.63, 3.8) is 0 Å². The van der Waals surface area contributed by atoms with Gasteiger partial charge in [0.05, 0.1) is 24.9 Å². The highest BCUT2D eigenvalue weighted by molar-refractivity contribution is 6.01. The number of benzene rings is 2. The number of ether oxygens (including phenoxy) is 1. The van der Waals surface area contributed by atoms with Gasteiger partial charge >= 0.3 is 11.9 Å². The second-order valence-corrected chi connectivity index (χ2v) is 13.2. The first kappa shape index (κ1) is 35.8. The quantitative estimate of drug-likeness (QED) is 0.127. The lowest BCUT2D eigenvalue weighted by Gasteiger charge is -2.25. The number of aldehydes is 1. The Labute approximate surface area is 298 Å². The second-order valence-electron chi connectivity index (χ2n) is 13.2. The molecule has 5 atom stereocenters. The summed E-state index contributed by atoms with van der Waals surface area (Å²) in [6.07, 6.45) is 2.27. The van der Waals surface area contributed by atoms with Gasteiger partial charge in [-0.2, -0.15) is 0 Å². The average molecular weight is 713 g/mol. The van der Waals surface area contributed by atoms with Crippen LogP contribution in [0.4, 0.5) is 0 Å². The number of aliphatic carboxylic acids is 1. The highest BCUT2D eigenvalue weighted by Gasteiger charge is 2.39. The van der Waals surface area contributed by atoms with Crippen molar-refractivity contribution in [1.29, 1.82) is 0 Å². The molecule has 0 radical (unpaired) electrons. The van der Waals surface area contributed by atoms with Crippen molar-refractivity contribution in [1.82, 2.24) is 30.4 Å². The lowest BCUT2D eigenvalue weighted by molar-refractivity contribution is -0.141. The van der Waals surface area contributed by atoms with Crippen molar-refractivity contribution in [2.45, 2.75) is 75.7 Å². The second kappa shape index (κ2) is 15.5. The summed E-state index contributed by atoms with van der Waals surface area (Å²) in [7, 11) is 0. The molecule has 3 fully saturated rings. The number of para-hydroxylation sites is 2. The van der Waals surface area contributed by atoms with Gasteiger partial charge in [0.15, 0.2) is 0 Å². The van der Waals surface area contributed by atoms with Crippen molar-refractivity contribution in [2.75, 3.05) is 13.1 Å². The lowest BCUT2D eigenvalue weighted by atomic mass is 10.1. The minimum atomic E-state index is -1.18. The molecule has 4 aromatic rings. The van der Waals surface area contributed by atoms with Gasteiger partial charge in [-0.1, -0.05) is 36.4 Å². The number of esters is 1. The zero-order valence-corrected chi connectivity index (χ0v) is 28.5. The van der Waals surface area contributed by atoms with Gasteiger partial charge < -0.3 is 45.0 Å². The van der Waals surface area contributed by atoms with E-state index in [1.165, 1.54) is 4.90 Å². The van der Waals surface area contributed by atoms with Crippen molar-refractivity contribution < 1.29 is 43.4 Å². The maximum atomic E-state index is 12.9. The predicted molar refractivity (Wildman–Crippen MR) is 187 cm³/mol. The molecule has 5 heterocycles. The Morgan fingerprint density at radius 2 is 1.38 bits per heavy atom. The van der Waals surface area contributed by atoms with Crippen LogP contribution in [-0.4, -0.2) is 110 Å². The van der Waals surface area contributed by atoms with Crippen LogP contribution >= 0.6 is 0 Å². The monoisotopic (exact) mass is 712 g/mol. The van der Waals surface area contributed by atoms with Crippen molar-refractivity contribution >= 4 is 63.7 Å². The molecule has 2 aromatic carbocycles. The molecule has 2 aromatic heterocycles. The van der Waals surface area contributed by atoms with E-state index in [1.807, 2.05) is 54.6 Å². The van der Waals surface area contributed by atoms with Crippen LogP contribution in [0.2, 0.25) is 0 Å². The number of nitrogens with one attached hydrogen (secondary N) is 4. The Bertz CT molecular complexity index is 1950. The molecule has 0 saturated carbocycles. The molecule has 0 spiro atoms. The van der Waals surface area contributed by atoms with E-state index in [9.17, 15) is 33.6 Å². The predicted octanol–water partition coefficient (Wildman–Crippen LogP) is 2.52. The van der Waals surface area contributed by atoms with Crippen molar-refractivity contribution in [3.05, 3.63) is 72.1 Å². The summed E-state index contributed by atoms with van der Waals surface area (Å²) in [5, 5.41) is 15.9. The van der Waals surface area contributed by atoms with Crippen molar-refractivity contribution in [2.24, 2.45) is 0 Å². The van der Waals surface area contributed by atoms with Gasteiger partial charge in [0.2, 0.25) is 11.8 Å². The molecule has 3 saturated heterocycles. The van der Waals surface area contributed by atoms with Crippen LogP contribution < -0.4 is 10.6 Å². The number of rotatable bonds is 9. The maximum absolute atomic E-state index is 12.9. The summed E-state index contributed by atoms with van der Waals surface area (Å²) in [5.74, 6) is -2.68. The fourth-order valence-electron chi connectivity index (χ4n) is 6.98. The third-order valence-corrected chi connectivity index (χ3v) is 9.64. The molecule has 5 N–H and O–H groups in total. The van der Waals surface area contributed by atoms with E-state index in [0.717, 1.165) is 28.2 Å². The van der Waals surface area contributed by atoms with E-state index in [-0.39, 0.29) is 42.3 Å². The van der Waals surface area contributed by atoms with Crippen molar-refractivity contribution in [3.8, 4) is 0 Å². The molecule has 3 aliphatic rings. The molecule has 7 rings (SSSR count). The van der Waals surface area contributed by atoms with Crippen LogP contribution in [0.15, 0.2) is 60.7 Å². The summed E-state index contributed by atoms with van der Waals surface area (Å²) >= 11 is 0. The number of aromatic amines is 2. The SMILES string of the molecule is CC1OC(=O)C[C@@H]1NC(=O)[C@@H]1CCCN1C(=O)c1cc2ccccc2[nH]1.O=C[C@H](CC(=O)O)NC(=O)[C@@H]1CCCN1C(=O)c1cc2ccccc2[nH]1. The zero-order chi connectivity index (χ0) is 36.9. The lowest BCUT2D eigenvalue weighted by Crippen LogP contribution is -2.50. The molecule has 272 valence electrons.